The predicted molar refractivity (Wildman–Crippen MR) is 75.2 cm³/mol. The first-order valence-electron chi connectivity index (χ1n) is 5.50. The normalized spacial score (nSPS) is 14.1. The van der Waals surface area contributed by atoms with Crippen molar-refractivity contribution in [2.45, 2.75) is 23.6 Å². The monoisotopic (exact) mass is 341 g/mol. The molecule has 0 amide bonds. The van der Waals surface area contributed by atoms with Crippen LogP contribution in [0.25, 0.3) is 0 Å². The number of rotatable bonds is 7. The largest absolute Gasteiger partial charge is 0.481 e. The summed E-state index contributed by atoms with van der Waals surface area (Å²) in [6.45, 7) is 1.45. The number of carboxylic acids is 1. The van der Waals surface area contributed by atoms with Crippen molar-refractivity contribution in [1.29, 1.82) is 0 Å². The molecule has 1 unspecified atom stereocenters. The summed E-state index contributed by atoms with van der Waals surface area (Å²) in [5, 5.41) is 8.63. The van der Waals surface area contributed by atoms with E-state index in [1.807, 2.05) is 0 Å². The molecule has 1 atom stereocenters. The van der Waals surface area contributed by atoms with E-state index in [2.05, 4.69) is 4.72 Å². The molecule has 1 heterocycles. The van der Waals surface area contributed by atoms with Crippen LogP contribution in [0.1, 0.15) is 11.8 Å². The van der Waals surface area contributed by atoms with Gasteiger partial charge in [-0.2, -0.15) is 0 Å². The zero-order valence-corrected chi connectivity index (χ0v) is 13.3. The molecule has 114 valence electrons. The summed E-state index contributed by atoms with van der Waals surface area (Å²) in [4.78, 5) is 10.9. The highest BCUT2D eigenvalue weighted by Gasteiger charge is 2.22. The molecule has 0 bridgehead atoms. The van der Waals surface area contributed by atoms with Gasteiger partial charge >= 0.3 is 5.97 Å². The van der Waals surface area contributed by atoms with Crippen molar-refractivity contribution in [3.05, 3.63) is 17.0 Å². The van der Waals surface area contributed by atoms with Gasteiger partial charge < -0.3 is 5.11 Å². The van der Waals surface area contributed by atoms with Crippen molar-refractivity contribution in [2.24, 2.45) is 0 Å². The molecule has 0 aromatic carbocycles. The van der Waals surface area contributed by atoms with Gasteiger partial charge in [-0.05, 0) is 19.1 Å². The third kappa shape index (κ3) is 5.57. The van der Waals surface area contributed by atoms with Crippen molar-refractivity contribution < 1.29 is 26.7 Å². The van der Waals surface area contributed by atoms with E-state index in [0.29, 0.717) is 4.88 Å². The van der Waals surface area contributed by atoms with Gasteiger partial charge in [0.25, 0.3) is 0 Å². The number of sulfonamides is 1. The zero-order valence-electron chi connectivity index (χ0n) is 10.9. The molecule has 0 fully saturated rings. The maximum absolute atomic E-state index is 12.0. The molecule has 2 N–H and O–H groups in total. The molecule has 20 heavy (non-hydrogen) atoms. The summed E-state index contributed by atoms with van der Waals surface area (Å²) in [5.74, 6) is -1.35. The van der Waals surface area contributed by atoms with Gasteiger partial charge in [0.1, 0.15) is 14.0 Å². The molecule has 10 heteroatoms. The molecule has 0 aliphatic carbocycles. The highest BCUT2D eigenvalue weighted by Crippen LogP contribution is 2.22. The zero-order chi connectivity index (χ0) is 15.6. The second-order valence-electron chi connectivity index (χ2n) is 4.41. The van der Waals surface area contributed by atoms with E-state index in [9.17, 15) is 21.6 Å². The molecule has 1 aromatic heterocycles. The van der Waals surface area contributed by atoms with E-state index in [1.54, 1.807) is 0 Å². The number of hydrogen-bond acceptors (Lipinski definition) is 6. The lowest BCUT2D eigenvalue weighted by Crippen LogP contribution is -2.36. The van der Waals surface area contributed by atoms with Gasteiger partial charge in [-0.15, -0.1) is 11.3 Å². The van der Waals surface area contributed by atoms with Gasteiger partial charge in [-0.25, -0.2) is 21.6 Å². The fraction of sp³-hybridized carbons (Fsp3) is 0.500. The molecular formula is C10H15NO6S3. The molecule has 1 rings (SSSR count). The van der Waals surface area contributed by atoms with E-state index >= 15 is 0 Å². The van der Waals surface area contributed by atoms with Crippen LogP contribution in [0, 0.1) is 0 Å². The van der Waals surface area contributed by atoms with Crippen molar-refractivity contribution in [2.75, 3.05) is 12.0 Å². The van der Waals surface area contributed by atoms with Crippen LogP contribution in [-0.4, -0.2) is 46.0 Å². The minimum Gasteiger partial charge on any atom is -0.481 e. The number of hydrogen-bond donors (Lipinski definition) is 2. The SMILES string of the molecule is CC(CS(C)(=O)=O)NS(=O)(=O)c1ccc(CC(=O)O)s1. The van der Waals surface area contributed by atoms with Crippen LogP contribution < -0.4 is 4.72 Å². The van der Waals surface area contributed by atoms with Crippen molar-refractivity contribution in [1.82, 2.24) is 4.72 Å². The average Bonchev–Trinajstić information content (AvgIpc) is 2.61. The Morgan fingerprint density at radius 1 is 1.35 bits per heavy atom. The van der Waals surface area contributed by atoms with E-state index < -0.39 is 31.9 Å². The summed E-state index contributed by atoms with van der Waals surface area (Å²) in [6.07, 6.45) is 0.771. The highest BCUT2D eigenvalue weighted by atomic mass is 32.2. The Balaban J connectivity index is 2.83. The number of sulfone groups is 1. The Bertz CT molecular complexity index is 688. The van der Waals surface area contributed by atoms with Gasteiger partial charge in [0.15, 0.2) is 0 Å². The molecular weight excluding hydrogens is 326 g/mol. The van der Waals surface area contributed by atoms with Crippen LogP contribution in [0.15, 0.2) is 16.3 Å². The Labute approximate surface area is 121 Å². The molecule has 1 aromatic rings. The standard InChI is InChI=1S/C10H15NO6S3/c1-7(6-19(2,14)15)11-20(16,17)10-4-3-8(18-10)5-9(12)13/h3-4,7,11H,5-6H2,1-2H3,(H,12,13). The lowest BCUT2D eigenvalue weighted by atomic mass is 10.3. The second-order valence-corrected chi connectivity index (χ2v) is 9.70. The summed E-state index contributed by atoms with van der Waals surface area (Å²) >= 11 is 0.847. The van der Waals surface area contributed by atoms with Crippen LogP contribution in [0.2, 0.25) is 0 Å². The average molecular weight is 341 g/mol. The molecule has 0 saturated heterocycles. The Hall–Kier alpha value is -0.970. The fourth-order valence-electron chi connectivity index (χ4n) is 1.56. The molecule has 0 saturated carbocycles. The lowest BCUT2D eigenvalue weighted by Gasteiger charge is -2.11. The van der Waals surface area contributed by atoms with Crippen molar-refractivity contribution >= 4 is 37.2 Å². The van der Waals surface area contributed by atoms with E-state index in [0.717, 1.165) is 17.6 Å². The van der Waals surface area contributed by atoms with E-state index in [1.165, 1.54) is 19.1 Å². The maximum atomic E-state index is 12.0. The van der Waals surface area contributed by atoms with E-state index in [-0.39, 0.29) is 16.4 Å². The Kier molecular flexibility index (Phi) is 5.30. The van der Waals surface area contributed by atoms with Crippen LogP contribution >= 0.6 is 11.3 Å². The molecule has 7 nitrogen and oxygen atoms in total. The Morgan fingerprint density at radius 2 is 1.95 bits per heavy atom. The quantitative estimate of drug-likeness (QED) is 0.725. The van der Waals surface area contributed by atoms with Gasteiger partial charge in [0, 0.05) is 17.2 Å². The number of nitrogens with one attached hydrogen (secondary N) is 1. The number of carbonyl (C=O) groups is 1. The summed E-state index contributed by atoms with van der Waals surface area (Å²) in [6, 6.07) is 1.97. The van der Waals surface area contributed by atoms with Crippen LogP contribution in [-0.2, 0) is 31.1 Å². The summed E-state index contributed by atoms with van der Waals surface area (Å²) < 4.78 is 48.4. The van der Waals surface area contributed by atoms with E-state index in [4.69, 9.17) is 5.11 Å². The van der Waals surface area contributed by atoms with Crippen LogP contribution in [0.3, 0.4) is 0 Å². The molecule has 0 radical (unpaired) electrons. The maximum Gasteiger partial charge on any atom is 0.308 e. The molecule has 0 aliphatic rings. The highest BCUT2D eigenvalue weighted by molar-refractivity contribution is 7.92. The first-order chi connectivity index (χ1) is 8.99. The predicted octanol–water partition coefficient (Wildman–Crippen LogP) is 0.0866. The third-order valence-corrected chi connectivity index (χ3v) is 6.41. The lowest BCUT2D eigenvalue weighted by molar-refractivity contribution is -0.136. The van der Waals surface area contributed by atoms with Gasteiger partial charge in [0.05, 0.1) is 12.2 Å². The second kappa shape index (κ2) is 6.20. The fourth-order valence-corrected chi connectivity index (χ4v) is 5.26. The van der Waals surface area contributed by atoms with Crippen molar-refractivity contribution in [3.63, 3.8) is 0 Å². The Morgan fingerprint density at radius 3 is 2.45 bits per heavy atom. The van der Waals surface area contributed by atoms with Crippen molar-refractivity contribution in [3.8, 4) is 0 Å². The minimum absolute atomic E-state index is 0.0332. The topological polar surface area (TPSA) is 118 Å². The first kappa shape index (κ1) is 17.1. The minimum atomic E-state index is -3.84. The molecule has 0 spiro atoms. The van der Waals surface area contributed by atoms with Crippen LogP contribution in [0.4, 0.5) is 0 Å². The van der Waals surface area contributed by atoms with Gasteiger partial charge in [-0.1, -0.05) is 0 Å². The summed E-state index contributed by atoms with van der Waals surface area (Å²) in [7, 11) is -7.13. The smallest absolute Gasteiger partial charge is 0.308 e. The van der Waals surface area contributed by atoms with Gasteiger partial charge in [0.2, 0.25) is 10.0 Å². The van der Waals surface area contributed by atoms with Crippen LogP contribution in [0.5, 0.6) is 0 Å². The van der Waals surface area contributed by atoms with Gasteiger partial charge in [-0.3, -0.25) is 4.79 Å². The molecule has 0 aliphatic heterocycles. The third-order valence-electron chi connectivity index (χ3n) is 2.14. The summed E-state index contributed by atoms with van der Waals surface area (Å²) in [5.41, 5.74) is 0. The first-order valence-corrected chi connectivity index (χ1v) is 9.86. The number of aliphatic carboxylic acids is 1. The number of carboxylic acid groups (broad SMARTS) is 1. The number of thiophene rings is 1.